The van der Waals surface area contributed by atoms with E-state index in [0.717, 1.165) is 27.9 Å². The third-order valence-electron chi connectivity index (χ3n) is 4.74. The fourth-order valence-electron chi connectivity index (χ4n) is 3.27. The number of carbonyl (C=O) groups excluding carboxylic acids is 2. The highest BCUT2D eigenvalue weighted by molar-refractivity contribution is 6.01. The highest BCUT2D eigenvalue weighted by Gasteiger charge is 2.24. The molecule has 0 saturated heterocycles. The second-order valence-electron chi connectivity index (χ2n) is 8.20. The van der Waals surface area contributed by atoms with Crippen LogP contribution in [0.3, 0.4) is 0 Å². The number of fused-ring (bicyclic) bond motifs is 1. The van der Waals surface area contributed by atoms with Crippen molar-refractivity contribution in [3.8, 4) is 17.2 Å². The fourth-order valence-corrected chi connectivity index (χ4v) is 3.27. The molecule has 6 nitrogen and oxygen atoms in total. The van der Waals surface area contributed by atoms with E-state index in [0.29, 0.717) is 12.8 Å². The van der Waals surface area contributed by atoms with Crippen LogP contribution in [0.4, 0.5) is 10.5 Å². The number of rotatable bonds is 4. The zero-order valence-electron chi connectivity index (χ0n) is 17.2. The number of hydrogen-bond donors (Lipinski definition) is 1. The normalized spacial score (nSPS) is 14.2. The molecule has 2 aromatic rings. The predicted molar refractivity (Wildman–Crippen MR) is 111 cm³/mol. The molecule has 0 aliphatic carbocycles. The molecule has 0 aromatic heterocycles. The number of alkyl carbamates (subject to hydrolysis) is 1. The number of amides is 2. The number of carbonyl (C=O) groups is 2. The van der Waals surface area contributed by atoms with Gasteiger partial charge in [-0.05, 0) is 49.1 Å². The van der Waals surface area contributed by atoms with Gasteiger partial charge in [0.1, 0.15) is 11.6 Å². The Morgan fingerprint density at radius 1 is 1.21 bits per heavy atom. The van der Waals surface area contributed by atoms with Crippen molar-refractivity contribution in [2.24, 2.45) is 0 Å². The second kappa shape index (κ2) is 7.96. The fraction of sp³-hybridized carbons (Fsp3) is 0.348. The van der Waals surface area contributed by atoms with Crippen LogP contribution in [0.5, 0.6) is 0 Å². The van der Waals surface area contributed by atoms with Gasteiger partial charge >= 0.3 is 6.09 Å². The molecule has 29 heavy (non-hydrogen) atoms. The lowest BCUT2D eigenvalue weighted by molar-refractivity contribution is -0.117. The summed E-state index contributed by atoms with van der Waals surface area (Å²) in [6.45, 7) is 5.33. The Balaban J connectivity index is 1.68. The SMILES string of the molecule is CN1C(=O)Cc2ccc(-c3ccc(CC(C#N)NC(=O)OC(C)(C)C)cc3)cc21. The van der Waals surface area contributed by atoms with Gasteiger partial charge in [-0.1, -0.05) is 36.4 Å². The Labute approximate surface area is 171 Å². The van der Waals surface area contributed by atoms with Crippen molar-refractivity contribution in [2.45, 2.75) is 45.3 Å². The molecule has 1 atom stereocenters. The molecular weight excluding hydrogens is 366 g/mol. The lowest BCUT2D eigenvalue weighted by Gasteiger charge is -2.21. The van der Waals surface area contributed by atoms with E-state index in [4.69, 9.17) is 4.74 Å². The molecule has 0 saturated carbocycles. The minimum Gasteiger partial charge on any atom is -0.444 e. The second-order valence-corrected chi connectivity index (χ2v) is 8.20. The number of hydrogen-bond acceptors (Lipinski definition) is 4. The van der Waals surface area contributed by atoms with Gasteiger partial charge in [0.05, 0.1) is 12.5 Å². The molecule has 3 rings (SSSR count). The van der Waals surface area contributed by atoms with Crippen LogP contribution in [0.2, 0.25) is 0 Å². The molecule has 0 spiro atoms. The lowest BCUT2D eigenvalue weighted by Crippen LogP contribution is -2.39. The van der Waals surface area contributed by atoms with Crippen LogP contribution < -0.4 is 10.2 Å². The number of nitrogens with zero attached hydrogens (tertiary/aromatic N) is 2. The van der Waals surface area contributed by atoms with Crippen molar-refractivity contribution < 1.29 is 14.3 Å². The van der Waals surface area contributed by atoms with Crippen LogP contribution in [0.15, 0.2) is 42.5 Å². The number of likely N-dealkylation sites (N-methyl/N-ethyl adjacent to an activating group) is 1. The monoisotopic (exact) mass is 391 g/mol. The van der Waals surface area contributed by atoms with E-state index in [-0.39, 0.29) is 5.91 Å². The number of nitrogens with one attached hydrogen (secondary N) is 1. The molecule has 0 bridgehead atoms. The van der Waals surface area contributed by atoms with Crippen LogP contribution in [0, 0.1) is 11.3 Å². The molecule has 0 radical (unpaired) electrons. The summed E-state index contributed by atoms with van der Waals surface area (Å²) < 4.78 is 5.21. The minimum absolute atomic E-state index is 0.104. The van der Waals surface area contributed by atoms with E-state index in [1.54, 1.807) is 32.7 Å². The van der Waals surface area contributed by atoms with Crippen LogP contribution >= 0.6 is 0 Å². The highest BCUT2D eigenvalue weighted by Crippen LogP contribution is 2.32. The predicted octanol–water partition coefficient (Wildman–Crippen LogP) is 3.83. The Hall–Kier alpha value is -3.33. The Morgan fingerprint density at radius 3 is 2.48 bits per heavy atom. The quantitative estimate of drug-likeness (QED) is 0.859. The molecule has 1 aliphatic rings. The number of benzene rings is 2. The van der Waals surface area contributed by atoms with Crippen molar-refractivity contribution in [1.29, 1.82) is 5.26 Å². The summed E-state index contributed by atoms with van der Waals surface area (Å²) in [5, 5.41) is 11.9. The molecule has 0 fully saturated rings. The van der Waals surface area contributed by atoms with Crippen molar-refractivity contribution in [1.82, 2.24) is 5.32 Å². The van der Waals surface area contributed by atoms with Gasteiger partial charge in [0, 0.05) is 19.2 Å². The van der Waals surface area contributed by atoms with Gasteiger partial charge in [-0.15, -0.1) is 0 Å². The first-order valence-electron chi connectivity index (χ1n) is 9.54. The standard InChI is InChI=1S/C23H25N3O3/c1-23(2,3)29-22(28)25-19(14-24)11-15-5-7-16(8-6-15)17-9-10-18-13-21(27)26(4)20(18)12-17/h5-10,12,19H,11,13H2,1-4H3,(H,25,28). The molecule has 1 aliphatic heterocycles. The number of nitriles is 1. The van der Waals surface area contributed by atoms with Gasteiger partial charge in [0.15, 0.2) is 0 Å². The van der Waals surface area contributed by atoms with Crippen LogP contribution in [0.25, 0.3) is 11.1 Å². The summed E-state index contributed by atoms with van der Waals surface area (Å²) in [5.74, 6) is 0.104. The third kappa shape index (κ3) is 4.94. The Morgan fingerprint density at radius 2 is 1.86 bits per heavy atom. The molecule has 6 heteroatoms. The van der Waals surface area contributed by atoms with E-state index in [9.17, 15) is 14.9 Å². The van der Waals surface area contributed by atoms with Crippen molar-refractivity contribution in [2.75, 3.05) is 11.9 Å². The third-order valence-corrected chi connectivity index (χ3v) is 4.74. The molecule has 1 heterocycles. The van der Waals surface area contributed by atoms with Gasteiger partial charge in [-0.3, -0.25) is 4.79 Å². The Bertz CT molecular complexity index is 968. The van der Waals surface area contributed by atoms with Crippen LogP contribution in [-0.2, 0) is 22.4 Å². The van der Waals surface area contributed by atoms with E-state index in [2.05, 4.69) is 11.4 Å². The number of ether oxygens (including phenoxy) is 1. The zero-order valence-corrected chi connectivity index (χ0v) is 17.2. The number of anilines is 1. The van der Waals surface area contributed by atoms with Gasteiger partial charge in [-0.2, -0.15) is 5.26 Å². The zero-order chi connectivity index (χ0) is 21.2. The molecular formula is C23H25N3O3. The van der Waals surface area contributed by atoms with Gasteiger partial charge in [0.25, 0.3) is 0 Å². The van der Waals surface area contributed by atoms with E-state index >= 15 is 0 Å². The van der Waals surface area contributed by atoms with Crippen molar-refractivity contribution in [3.05, 3.63) is 53.6 Å². The Kier molecular flexibility index (Phi) is 5.60. The maximum Gasteiger partial charge on any atom is 0.408 e. The molecule has 2 amide bonds. The highest BCUT2D eigenvalue weighted by atomic mass is 16.6. The van der Waals surface area contributed by atoms with Gasteiger partial charge in [0.2, 0.25) is 5.91 Å². The molecule has 1 N–H and O–H groups in total. The average Bonchev–Trinajstić information content (AvgIpc) is 2.94. The van der Waals surface area contributed by atoms with E-state index in [1.165, 1.54) is 0 Å². The summed E-state index contributed by atoms with van der Waals surface area (Å²) in [6, 6.07) is 15.3. The first-order valence-corrected chi connectivity index (χ1v) is 9.54. The minimum atomic E-state index is -0.671. The summed E-state index contributed by atoms with van der Waals surface area (Å²) in [5.41, 5.74) is 4.37. The molecule has 150 valence electrons. The summed E-state index contributed by atoms with van der Waals surface area (Å²) in [6.07, 6.45) is 0.236. The largest absolute Gasteiger partial charge is 0.444 e. The summed E-state index contributed by atoms with van der Waals surface area (Å²) in [4.78, 5) is 25.4. The van der Waals surface area contributed by atoms with Gasteiger partial charge in [-0.25, -0.2) is 4.79 Å². The smallest absolute Gasteiger partial charge is 0.408 e. The van der Waals surface area contributed by atoms with Gasteiger partial charge < -0.3 is 15.0 Å². The average molecular weight is 391 g/mol. The maximum atomic E-state index is 11.9. The molecule has 2 aromatic carbocycles. The van der Waals surface area contributed by atoms with Crippen LogP contribution in [-0.4, -0.2) is 30.7 Å². The van der Waals surface area contributed by atoms with Crippen molar-refractivity contribution in [3.63, 3.8) is 0 Å². The first kappa shape index (κ1) is 20.4. The lowest BCUT2D eigenvalue weighted by atomic mass is 9.99. The summed E-state index contributed by atoms with van der Waals surface area (Å²) in [7, 11) is 1.79. The topological polar surface area (TPSA) is 82.4 Å². The first-order chi connectivity index (χ1) is 13.7. The van der Waals surface area contributed by atoms with Crippen molar-refractivity contribution >= 4 is 17.7 Å². The maximum absolute atomic E-state index is 11.9. The van der Waals surface area contributed by atoms with E-state index in [1.807, 2.05) is 42.5 Å². The van der Waals surface area contributed by atoms with Crippen LogP contribution in [0.1, 0.15) is 31.9 Å². The molecule has 1 unspecified atom stereocenters. The summed E-state index contributed by atoms with van der Waals surface area (Å²) >= 11 is 0. The van der Waals surface area contributed by atoms with E-state index < -0.39 is 17.7 Å².